The predicted octanol–water partition coefficient (Wildman–Crippen LogP) is 0.219. The van der Waals surface area contributed by atoms with Gasteiger partial charge < -0.3 is 26.2 Å². The van der Waals surface area contributed by atoms with E-state index in [2.05, 4.69) is 10.6 Å². The van der Waals surface area contributed by atoms with Crippen LogP contribution in [0.1, 0.15) is 25.7 Å². The highest BCUT2D eigenvalue weighted by Crippen LogP contribution is 2.35. The Balaban J connectivity index is 1.48. The first-order chi connectivity index (χ1) is 14.0. The summed E-state index contributed by atoms with van der Waals surface area (Å²) >= 11 is 0. The SMILES string of the molecule is NC(=O)C1CN(CC(=O)NCC2CC2)c2ccccc2N1CC(=O)NCC1CC1. The minimum Gasteiger partial charge on any atom is -0.368 e. The van der Waals surface area contributed by atoms with E-state index in [4.69, 9.17) is 5.73 Å². The van der Waals surface area contributed by atoms with Crippen LogP contribution >= 0.6 is 0 Å². The van der Waals surface area contributed by atoms with Gasteiger partial charge >= 0.3 is 0 Å². The zero-order valence-electron chi connectivity index (χ0n) is 16.6. The van der Waals surface area contributed by atoms with Crippen molar-refractivity contribution in [1.29, 1.82) is 0 Å². The lowest BCUT2D eigenvalue weighted by molar-refractivity contribution is -0.122. The Labute approximate surface area is 170 Å². The first-order valence-corrected chi connectivity index (χ1v) is 10.4. The van der Waals surface area contributed by atoms with Crippen LogP contribution in [0.15, 0.2) is 24.3 Å². The van der Waals surface area contributed by atoms with E-state index in [1.165, 1.54) is 12.8 Å². The van der Waals surface area contributed by atoms with Gasteiger partial charge in [0.2, 0.25) is 17.7 Å². The van der Waals surface area contributed by atoms with Crippen LogP contribution in [0, 0.1) is 11.8 Å². The molecule has 1 heterocycles. The molecule has 1 aliphatic heterocycles. The Hall–Kier alpha value is -2.77. The van der Waals surface area contributed by atoms with E-state index in [-0.39, 0.29) is 31.4 Å². The quantitative estimate of drug-likeness (QED) is 0.551. The summed E-state index contributed by atoms with van der Waals surface area (Å²) in [7, 11) is 0. The van der Waals surface area contributed by atoms with Crippen LogP contribution in [-0.4, -0.2) is 56.5 Å². The van der Waals surface area contributed by atoms with Gasteiger partial charge in [0.05, 0.1) is 24.5 Å². The highest BCUT2D eigenvalue weighted by atomic mass is 16.2. The van der Waals surface area contributed by atoms with E-state index in [1.807, 2.05) is 29.2 Å². The molecule has 1 aromatic rings. The number of anilines is 2. The Morgan fingerprint density at radius 2 is 1.45 bits per heavy atom. The topological polar surface area (TPSA) is 108 Å². The lowest BCUT2D eigenvalue weighted by Crippen LogP contribution is -2.58. The molecule has 0 bridgehead atoms. The highest BCUT2D eigenvalue weighted by Gasteiger charge is 2.36. The van der Waals surface area contributed by atoms with Gasteiger partial charge in [-0.05, 0) is 49.7 Å². The smallest absolute Gasteiger partial charge is 0.241 e. The average Bonchev–Trinajstić information content (AvgIpc) is 3.61. The van der Waals surface area contributed by atoms with Crippen molar-refractivity contribution in [2.75, 3.05) is 42.5 Å². The third kappa shape index (κ3) is 4.99. The summed E-state index contributed by atoms with van der Waals surface area (Å²) in [5.41, 5.74) is 7.27. The fourth-order valence-electron chi connectivity index (χ4n) is 3.74. The molecule has 4 rings (SSSR count). The summed E-state index contributed by atoms with van der Waals surface area (Å²) in [6.07, 6.45) is 4.67. The molecule has 0 radical (unpaired) electrons. The van der Waals surface area contributed by atoms with Gasteiger partial charge in [0.1, 0.15) is 6.04 Å². The Kier molecular flexibility index (Phi) is 5.60. The van der Waals surface area contributed by atoms with Gasteiger partial charge in [-0.25, -0.2) is 0 Å². The Bertz CT molecular complexity index is 790. The van der Waals surface area contributed by atoms with Gasteiger partial charge in [0.15, 0.2) is 0 Å². The van der Waals surface area contributed by atoms with Gasteiger partial charge in [-0.15, -0.1) is 0 Å². The van der Waals surface area contributed by atoms with Crippen LogP contribution < -0.4 is 26.2 Å². The van der Waals surface area contributed by atoms with E-state index >= 15 is 0 Å². The second kappa shape index (κ2) is 8.31. The molecule has 3 aliphatic rings. The number of nitrogens with two attached hydrogens (primary N) is 1. The van der Waals surface area contributed by atoms with Gasteiger partial charge in [-0.2, -0.15) is 0 Å². The second-order valence-corrected chi connectivity index (χ2v) is 8.41. The standard InChI is InChI=1S/C21H29N5O3/c22-21(29)18-11-25(12-19(27)23-9-14-5-6-14)16-3-1-2-4-17(16)26(18)13-20(28)24-10-15-7-8-15/h1-4,14-15,18H,5-13H2,(H2,22,29)(H,23,27)(H,24,28). The third-order valence-electron chi connectivity index (χ3n) is 5.85. The molecule has 2 fully saturated rings. The molecule has 0 spiro atoms. The van der Waals surface area contributed by atoms with Crippen LogP contribution in [-0.2, 0) is 14.4 Å². The molecule has 1 atom stereocenters. The van der Waals surface area contributed by atoms with E-state index in [9.17, 15) is 14.4 Å². The van der Waals surface area contributed by atoms with Crippen molar-refractivity contribution >= 4 is 29.1 Å². The zero-order chi connectivity index (χ0) is 20.4. The van der Waals surface area contributed by atoms with Crippen molar-refractivity contribution in [3.8, 4) is 0 Å². The largest absolute Gasteiger partial charge is 0.368 e. The van der Waals surface area contributed by atoms with Crippen LogP contribution in [0.5, 0.6) is 0 Å². The maximum atomic E-state index is 12.5. The number of amides is 3. The minimum atomic E-state index is -0.673. The molecule has 0 saturated heterocycles. The molecule has 3 amide bonds. The van der Waals surface area contributed by atoms with Gasteiger partial charge in [-0.3, -0.25) is 14.4 Å². The van der Waals surface area contributed by atoms with Crippen molar-refractivity contribution in [3.05, 3.63) is 24.3 Å². The zero-order valence-corrected chi connectivity index (χ0v) is 16.6. The fourth-order valence-corrected chi connectivity index (χ4v) is 3.74. The Morgan fingerprint density at radius 3 is 2.00 bits per heavy atom. The molecule has 2 saturated carbocycles. The molecule has 156 valence electrons. The summed E-state index contributed by atoms with van der Waals surface area (Å²) < 4.78 is 0. The number of para-hydroxylation sites is 2. The molecule has 8 heteroatoms. The van der Waals surface area contributed by atoms with Crippen molar-refractivity contribution in [2.24, 2.45) is 17.6 Å². The second-order valence-electron chi connectivity index (χ2n) is 8.41. The summed E-state index contributed by atoms with van der Waals surface area (Å²) in [6.45, 7) is 1.90. The average molecular weight is 399 g/mol. The van der Waals surface area contributed by atoms with Crippen molar-refractivity contribution in [2.45, 2.75) is 31.7 Å². The molecule has 1 unspecified atom stereocenters. The number of rotatable bonds is 9. The van der Waals surface area contributed by atoms with Crippen molar-refractivity contribution in [1.82, 2.24) is 10.6 Å². The van der Waals surface area contributed by atoms with E-state index < -0.39 is 11.9 Å². The molecule has 2 aliphatic carbocycles. The predicted molar refractivity (Wildman–Crippen MR) is 110 cm³/mol. The monoisotopic (exact) mass is 399 g/mol. The van der Waals surface area contributed by atoms with Crippen LogP contribution in [0.2, 0.25) is 0 Å². The molecular formula is C21H29N5O3. The number of nitrogens with zero attached hydrogens (tertiary/aromatic N) is 2. The maximum Gasteiger partial charge on any atom is 0.241 e. The van der Waals surface area contributed by atoms with Crippen molar-refractivity contribution < 1.29 is 14.4 Å². The van der Waals surface area contributed by atoms with Crippen LogP contribution in [0.3, 0.4) is 0 Å². The highest BCUT2D eigenvalue weighted by molar-refractivity contribution is 5.94. The number of benzene rings is 1. The van der Waals surface area contributed by atoms with Crippen molar-refractivity contribution in [3.63, 3.8) is 0 Å². The van der Waals surface area contributed by atoms with E-state index in [1.54, 1.807) is 4.90 Å². The summed E-state index contributed by atoms with van der Waals surface area (Å²) in [4.78, 5) is 40.7. The fraction of sp³-hybridized carbons (Fsp3) is 0.571. The molecule has 1 aromatic carbocycles. The third-order valence-corrected chi connectivity index (χ3v) is 5.85. The molecule has 8 nitrogen and oxygen atoms in total. The number of fused-ring (bicyclic) bond motifs is 1. The Morgan fingerprint density at radius 1 is 0.897 bits per heavy atom. The van der Waals surface area contributed by atoms with E-state index in [0.717, 1.165) is 24.2 Å². The minimum absolute atomic E-state index is 0.0643. The van der Waals surface area contributed by atoms with Gasteiger partial charge in [0.25, 0.3) is 0 Å². The lowest BCUT2D eigenvalue weighted by atomic mass is 10.1. The normalized spacial score (nSPS) is 20.8. The van der Waals surface area contributed by atoms with Gasteiger partial charge in [-0.1, -0.05) is 12.1 Å². The van der Waals surface area contributed by atoms with Crippen LogP contribution in [0.4, 0.5) is 11.4 Å². The number of hydrogen-bond donors (Lipinski definition) is 3. The molecule has 29 heavy (non-hydrogen) atoms. The first-order valence-electron chi connectivity index (χ1n) is 10.4. The lowest BCUT2D eigenvalue weighted by Gasteiger charge is -2.42. The summed E-state index contributed by atoms with van der Waals surface area (Å²) in [6, 6.07) is 6.86. The number of carbonyl (C=O) groups is 3. The molecular weight excluding hydrogens is 370 g/mol. The molecule has 4 N–H and O–H groups in total. The van der Waals surface area contributed by atoms with Crippen LogP contribution in [0.25, 0.3) is 0 Å². The summed E-state index contributed by atoms with van der Waals surface area (Å²) in [5.74, 6) is 0.511. The number of carbonyl (C=O) groups excluding carboxylic acids is 3. The van der Waals surface area contributed by atoms with Gasteiger partial charge in [0, 0.05) is 19.6 Å². The number of primary amides is 1. The summed E-state index contributed by atoms with van der Waals surface area (Å²) in [5, 5.41) is 5.92. The maximum absolute atomic E-state index is 12.5. The molecule has 0 aromatic heterocycles. The number of nitrogens with one attached hydrogen (secondary N) is 2. The number of hydrogen-bond acceptors (Lipinski definition) is 5. The first kappa shape index (κ1) is 19.5. The van der Waals surface area contributed by atoms with E-state index in [0.29, 0.717) is 24.9 Å².